The number of unbranched alkanes of at least 4 members (excludes halogenated alkanes) is 1. The fourth-order valence-electron chi connectivity index (χ4n) is 4.94. The molecule has 1 amide bonds. The SMILES string of the molecule is CCC(=O)c1c(-c2ccc(F)cc2)oc2cc(N(CC(=O)CCC(=O)NCCCCC(=O)O)S(C)(=O)=O)c(C3CC3)cc12. The van der Waals surface area contributed by atoms with Crippen molar-refractivity contribution < 1.29 is 41.5 Å². The molecule has 1 aliphatic carbocycles. The Balaban J connectivity index is 1.61. The normalized spacial score (nSPS) is 13.2. The van der Waals surface area contributed by atoms with Crippen molar-refractivity contribution >= 4 is 50.1 Å². The van der Waals surface area contributed by atoms with E-state index >= 15 is 0 Å². The van der Waals surface area contributed by atoms with Crippen molar-refractivity contribution in [3.8, 4) is 11.3 Å². The van der Waals surface area contributed by atoms with Gasteiger partial charge in [0.05, 0.1) is 24.1 Å². The minimum atomic E-state index is -3.94. The number of sulfonamides is 1. The highest BCUT2D eigenvalue weighted by atomic mass is 32.2. The highest BCUT2D eigenvalue weighted by Crippen LogP contribution is 2.48. The van der Waals surface area contributed by atoms with Crippen LogP contribution in [0, 0.1) is 5.82 Å². The molecule has 0 aliphatic heterocycles. The largest absolute Gasteiger partial charge is 0.481 e. The molecule has 2 aromatic carbocycles. The number of carbonyl (C=O) groups is 4. The number of fused-ring (bicyclic) bond motifs is 1. The van der Waals surface area contributed by atoms with Crippen LogP contribution in [0.2, 0.25) is 0 Å². The Hall–Kier alpha value is -4.06. The first-order valence-electron chi connectivity index (χ1n) is 14.3. The highest BCUT2D eigenvalue weighted by molar-refractivity contribution is 7.92. The van der Waals surface area contributed by atoms with E-state index < -0.39 is 34.1 Å². The van der Waals surface area contributed by atoms with Crippen LogP contribution in [0.25, 0.3) is 22.3 Å². The summed E-state index contributed by atoms with van der Waals surface area (Å²) in [5.74, 6) is -2.07. The maximum Gasteiger partial charge on any atom is 0.303 e. The summed E-state index contributed by atoms with van der Waals surface area (Å²) in [4.78, 5) is 48.8. The average molecular weight is 615 g/mol. The molecule has 0 bridgehead atoms. The smallest absolute Gasteiger partial charge is 0.303 e. The summed E-state index contributed by atoms with van der Waals surface area (Å²) >= 11 is 0. The van der Waals surface area contributed by atoms with E-state index in [2.05, 4.69) is 5.32 Å². The molecule has 4 rings (SSSR count). The van der Waals surface area contributed by atoms with E-state index in [1.807, 2.05) is 0 Å². The number of benzene rings is 2. The van der Waals surface area contributed by atoms with Crippen molar-refractivity contribution in [1.82, 2.24) is 5.32 Å². The Morgan fingerprint density at radius 2 is 1.74 bits per heavy atom. The summed E-state index contributed by atoms with van der Waals surface area (Å²) in [5.41, 5.74) is 2.07. The van der Waals surface area contributed by atoms with Crippen LogP contribution in [-0.2, 0) is 24.4 Å². The Bertz CT molecular complexity index is 1640. The molecule has 230 valence electrons. The first-order valence-corrected chi connectivity index (χ1v) is 16.1. The van der Waals surface area contributed by atoms with Crippen LogP contribution in [0.15, 0.2) is 40.8 Å². The Labute approximate surface area is 249 Å². The van der Waals surface area contributed by atoms with E-state index in [0.29, 0.717) is 34.9 Å². The Morgan fingerprint density at radius 3 is 2.35 bits per heavy atom. The van der Waals surface area contributed by atoms with Crippen molar-refractivity contribution in [2.75, 3.05) is 23.7 Å². The molecule has 10 nitrogen and oxygen atoms in total. The van der Waals surface area contributed by atoms with E-state index in [4.69, 9.17) is 9.52 Å². The first-order chi connectivity index (χ1) is 20.4. The van der Waals surface area contributed by atoms with E-state index in [1.54, 1.807) is 19.1 Å². The number of furan rings is 1. The van der Waals surface area contributed by atoms with E-state index in [0.717, 1.165) is 23.4 Å². The second-order valence-corrected chi connectivity index (χ2v) is 12.7. The topological polar surface area (TPSA) is 151 Å². The van der Waals surface area contributed by atoms with Gasteiger partial charge in [-0.25, -0.2) is 12.8 Å². The lowest BCUT2D eigenvalue weighted by atomic mass is 9.97. The predicted molar refractivity (Wildman–Crippen MR) is 159 cm³/mol. The van der Waals surface area contributed by atoms with Crippen LogP contribution < -0.4 is 9.62 Å². The van der Waals surface area contributed by atoms with Crippen LogP contribution in [0.5, 0.6) is 0 Å². The van der Waals surface area contributed by atoms with Gasteiger partial charge in [-0.05, 0) is 67.5 Å². The van der Waals surface area contributed by atoms with Gasteiger partial charge in [0.1, 0.15) is 17.2 Å². The number of anilines is 1. The van der Waals surface area contributed by atoms with Crippen molar-refractivity contribution in [1.29, 1.82) is 0 Å². The van der Waals surface area contributed by atoms with Crippen molar-refractivity contribution in [3.05, 3.63) is 53.3 Å². The number of carbonyl (C=O) groups excluding carboxylic acids is 3. The van der Waals surface area contributed by atoms with Gasteiger partial charge in [0.15, 0.2) is 11.6 Å². The van der Waals surface area contributed by atoms with Gasteiger partial charge < -0.3 is 14.8 Å². The third-order valence-corrected chi connectivity index (χ3v) is 8.45. The fraction of sp³-hybridized carbons (Fsp3) is 0.419. The quantitative estimate of drug-likeness (QED) is 0.165. The molecule has 43 heavy (non-hydrogen) atoms. The average Bonchev–Trinajstić information content (AvgIpc) is 3.73. The summed E-state index contributed by atoms with van der Waals surface area (Å²) in [7, 11) is -3.94. The van der Waals surface area contributed by atoms with Gasteiger partial charge in [-0.1, -0.05) is 6.92 Å². The van der Waals surface area contributed by atoms with Gasteiger partial charge in [-0.3, -0.25) is 23.5 Å². The number of aliphatic carboxylic acids is 1. The van der Waals surface area contributed by atoms with Gasteiger partial charge in [0, 0.05) is 49.2 Å². The third-order valence-electron chi connectivity index (χ3n) is 7.32. The lowest BCUT2D eigenvalue weighted by Crippen LogP contribution is -2.36. The first kappa shape index (κ1) is 31.9. The summed E-state index contributed by atoms with van der Waals surface area (Å²) in [6.45, 7) is 1.52. The van der Waals surface area contributed by atoms with Crippen LogP contribution >= 0.6 is 0 Å². The van der Waals surface area contributed by atoms with Crippen molar-refractivity contribution in [2.24, 2.45) is 0 Å². The third kappa shape index (κ3) is 8.07. The fourth-order valence-corrected chi connectivity index (χ4v) is 5.83. The monoisotopic (exact) mass is 614 g/mol. The number of hydrogen-bond donors (Lipinski definition) is 2. The molecular weight excluding hydrogens is 579 g/mol. The molecule has 3 aromatic rings. The number of carboxylic acids is 1. The second kappa shape index (κ2) is 13.5. The van der Waals surface area contributed by atoms with Gasteiger partial charge in [-0.15, -0.1) is 0 Å². The van der Waals surface area contributed by atoms with Crippen LogP contribution in [-0.4, -0.2) is 56.3 Å². The van der Waals surface area contributed by atoms with Crippen molar-refractivity contribution in [3.63, 3.8) is 0 Å². The number of Topliss-reactive ketones (excluding diaryl/α,β-unsaturated/α-hetero) is 2. The number of amides is 1. The van der Waals surface area contributed by atoms with Gasteiger partial charge >= 0.3 is 5.97 Å². The highest BCUT2D eigenvalue weighted by Gasteiger charge is 2.33. The van der Waals surface area contributed by atoms with Crippen LogP contribution in [0.4, 0.5) is 10.1 Å². The molecule has 0 unspecified atom stereocenters. The molecule has 0 atom stereocenters. The number of ketones is 2. The minimum Gasteiger partial charge on any atom is -0.481 e. The molecular formula is C31H35FN2O8S. The minimum absolute atomic E-state index is 0.00605. The summed E-state index contributed by atoms with van der Waals surface area (Å²) < 4.78 is 46.8. The number of hydrogen-bond acceptors (Lipinski definition) is 7. The summed E-state index contributed by atoms with van der Waals surface area (Å²) in [6, 6.07) is 8.86. The van der Waals surface area contributed by atoms with Gasteiger partial charge in [0.2, 0.25) is 15.9 Å². The molecule has 1 fully saturated rings. The zero-order valence-electron chi connectivity index (χ0n) is 24.2. The molecule has 12 heteroatoms. The summed E-state index contributed by atoms with van der Waals surface area (Å²) in [6.07, 6.45) is 3.43. The van der Waals surface area contributed by atoms with E-state index in [-0.39, 0.29) is 66.9 Å². The van der Waals surface area contributed by atoms with Crippen LogP contribution in [0.1, 0.15) is 80.1 Å². The molecule has 1 saturated carbocycles. The number of nitrogens with one attached hydrogen (secondary N) is 1. The van der Waals surface area contributed by atoms with Crippen molar-refractivity contribution in [2.45, 2.75) is 64.2 Å². The lowest BCUT2D eigenvalue weighted by Gasteiger charge is -2.24. The van der Waals surface area contributed by atoms with Crippen LogP contribution in [0.3, 0.4) is 0 Å². The number of halogens is 1. The number of rotatable bonds is 16. The maximum absolute atomic E-state index is 13.6. The summed E-state index contributed by atoms with van der Waals surface area (Å²) in [5, 5.41) is 11.8. The van der Waals surface area contributed by atoms with Gasteiger partial charge in [-0.2, -0.15) is 0 Å². The van der Waals surface area contributed by atoms with E-state index in [9.17, 15) is 32.0 Å². The maximum atomic E-state index is 13.6. The molecule has 1 aromatic heterocycles. The number of carboxylic acid groups (broad SMARTS) is 1. The molecule has 0 saturated heterocycles. The molecule has 1 aliphatic rings. The molecule has 2 N–H and O–H groups in total. The second-order valence-electron chi connectivity index (χ2n) is 10.8. The molecule has 1 heterocycles. The number of nitrogens with zero attached hydrogens (tertiary/aromatic N) is 1. The predicted octanol–water partition coefficient (Wildman–Crippen LogP) is 5.20. The molecule has 0 spiro atoms. The van der Waals surface area contributed by atoms with E-state index in [1.165, 1.54) is 24.3 Å². The zero-order valence-corrected chi connectivity index (χ0v) is 25.0. The Kier molecular flexibility index (Phi) is 10.0. The zero-order chi connectivity index (χ0) is 31.3. The lowest BCUT2D eigenvalue weighted by molar-refractivity contribution is -0.137. The molecule has 0 radical (unpaired) electrons. The van der Waals surface area contributed by atoms with Gasteiger partial charge in [0.25, 0.3) is 0 Å². The standard InChI is InChI=1S/C31H35FN2O8S/c1-3-26(36)30-24-16-23(19-7-8-19)25(17-27(24)42-31(30)20-9-11-21(32)12-10-20)34(43(2,40)41)18-22(35)13-14-28(37)33-15-5-4-6-29(38)39/h9-12,16-17,19H,3-8,13-15,18H2,1-2H3,(H,33,37)(H,38,39). The Morgan fingerprint density at radius 1 is 1.05 bits per heavy atom.